The Morgan fingerprint density at radius 3 is 2.31 bits per heavy atom. The van der Waals surface area contributed by atoms with Gasteiger partial charge < -0.3 is 31.5 Å². The SMILES string of the molecule is C[C@@H](NC(=O)OCc1ccccc1)C(=O)N[C@H](Cc1ccc2ccccc2c1)C(=O)NCC(O)CN. The summed E-state index contributed by atoms with van der Waals surface area (Å²) >= 11 is 0. The second-order valence-corrected chi connectivity index (χ2v) is 8.51. The predicted molar refractivity (Wildman–Crippen MR) is 137 cm³/mol. The zero-order chi connectivity index (χ0) is 25.9. The summed E-state index contributed by atoms with van der Waals surface area (Å²) in [4.78, 5) is 37.9. The molecular formula is C27H32N4O5. The van der Waals surface area contributed by atoms with Crippen LogP contribution in [0.25, 0.3) is 10.8 Å². The van der Waals surface area contributed by atoms with Gasteiger partial charge in [-0.15, -0.1) is 0 Å². The topological polar surface area (TPSA) is 143 Å². The molecule has 0 saturated heterocycles. The molecule has 1 unspecified atom stereocenters. The van der Waals surface area contributed by atoms with Gasteiger partial charge in [0.15, 0.2) is 0 Å². The van der Waals surface area contributed by atoms with Crippen LogP contribution in [-0.4, -0.2) is 54.3 Å². The summed E-state index contributed by atoms with van der Waals surface area (Å²) in [5, 5.41) is 19.6. The number of ether oxygens (including phenoxy) is 1. The summed E-state index contributed by atoms with van der Waals surface area (Å²) in [6.45, 7) is 1.52. The molecule has 0 radical (unpaired) electrons. The van der Waals surface area contributed by atoms with Gasteiger partial charge in [-0.3, -0.25) is 9.59 Å². The average molecular weight is 493 g/mol. The van der Waals surface area contributed by atoms with Gasteiger partial charge in [-0.2, -0.15) is 0 Å². The van der Waals surface area contributed by atoms with Gasteiger partial charge in [-0.25, -0.2) is 4.79 Å². The second-order valence-electron chi connectivity index (χ2n) is 8.51. The Balaban J connectivity index is 1.63. The molecule has 3 atom stereocenters. The lowest BCUT2D eigenvalue weighted by molar-refractivity contribution is -0.130. The van der Waals surface area contributed by atoms with Crippen LogP contribution in [0.1, 0.15) is 18.1 Å². The lowest BCUT2D eigenvalue weighted by Crippen LogP contribution is -2.54. The number of nitrogens with two attached hydrogens (primary N) is 1. The van der Waals surface area contributed by atoms with Gasteiger partial charge in [-0.05, 0) is 28.8 Å². The number of alkyl carbamates (subject to hydrolysis) is 1. The number of benzene rings is 3. The van der Waals surface area contributed by atoms with Crippen LogP contribution in [0.15, 0.2) is 72.8 Å². The van der Waals surface area contributed by atoms with Gasteiger partial charge in [0.2, 0.25) is 11.8 Å². The molecule has 0 heterocycles. The Morgan fingerprint density at radius 2 is 1.58 bits per heavy atom. The molecule has 0 spiro atoms. The Kier molecular flexibility index (Phi) is 9.79. The van der Waals surface area contributed by atoms with E-state index in [0.29, 0.717) is 0 Å². The standard InChI is InChI=1S/C27H32N4O5/c1-18(30-27(35)36-17-19-7-3-2-4-8-19)25(33)31-24(26(34)29-16-23(32)15-28)14-20-11-12-21-9-5-6-10-22(21)13-20/h2-13,18,23-24,32H,14-17,28H2,1H3,(H,29,34)(H,30,35)(H,31,33)/t18-,23?,24-/m1/s1. The number of carbonyl (C=O) groups is 3. The van der Waals surface area contributed by atoms with Crippen LogP contribution < -0.4 is 21.7 Å². The zero-order valence-electron chi connectivity index (χ0n) is 20.1. The maximum Gasteiger partial charge on any atom is 0.408 e. The minimum absolute atomic E-state index is 0.00593. The van der Waals surface area contributed by atoms with Crippen molar-refractivity contribution < 1.29 is 24.2 Å². The van der Waals surface area contributed by atoms with Crippen LogP contribution >= 0.6 is 0 Å². The monoisotopic (exact) mass is 492 g/mol. The molecule has 3 amide bonds. The first-order valence-electron chi connectivity index (χ1n) is 11.8. The highest BCUT2D eigenvalue weighted by Crippen LogP contribution is 2.17. The number of hydrogen-bond donors (Lipinski definition) is 5. The number of amides is 3. The summed E-state index contributed by atoms with van der Waals surface area (Å²) in [6.07, 6.45) is -1.43. The van der Waals surface area contributed by atoms with Crippen molar-refractivity contribution in [2.75, 3.05) is 13.1 Å². The van der Waals surface area contributed by atoms with Gasteiger partial charge in [0, 0.05) is 19.5 Å². The van der Waals surface area contributed by atoms with Crippen LogP contribution in [0.2, 0.25) is 0 Å². The van der Waals surface area contributed by atoms with E-state index in [9.17, 15) is 19.5 Å². The smallest absolute Gasteiger partial charge is 0.408 e. The first kappa shape index (κ1) is 26.7. The van der Waals surface area contributed by atoms with Crippen LogP contribution in [0, 0.1) is 0 Å². The number of rotatable bonds is 11. The largest absolute Gasteiger partial charge is 0.445 e. The van der Waals surface area contributed by atoms with Gasteiger partial charge in [0.1, 0.15) is 18.7 Å². The molecule has 0 aromatic heterocycles. The number of nitrogens with one attached hydrogen (secondary N) is 3. The summed E-state index contributed by atoms with van der Waals surface area (Å²) in [5.41, 5.74) is 7.08. The third-order valence-electron chi connectivity index (χ3n) is 5.61. The molecule has 3 aromatic carbocycles. The van der Waals surface area contributed by atoms with E-state index in [-0.39, 0.29) is 26.1 Å². The number of carbonyl (C=O) groups excluding carboxylic acids is 3. The molecule has 6 N–H and O–H groups in total. The van der Waals surface area contributed by atoms with Crippen molar-refractivity contribution in [3.63, 3.8) is 0 Å². The van der Waals surface area contributed by atoms with Crippen LogP contribution in [0.3, 0.4) is 0 Å². The van der Waals surface area contributed by atoms with Gasteiger partial charge >= 0.3 is 6.09 Å². The number of aliphatic hydroxyl groups excluding tert-OH is 1. The Labute approximate surface area is 210 Å². The van der Waals surface area contributed by atoms with Gasteiger partial charge in [0.05, 0.1) is 6.10 Å². The van der Waals surface area contributed by atoms with Crippen molar-refractivity contribution in [1.82, 2.24) is 16.0 Å². The second kappa shape index (κ2) is 13.2. The summed E-state index contributed by atoms with van der Waals surface area (Å²) < 4.78 is 5.17. The molecule has 0 bridgehead atoms. The highest BCUT2D eigenvalue weighted by atomic mass is 16.5. The predicted octanol–water partition coefficient (Wildman–Crippen LogP) is 1.62. The molecule has 0 aliphatic carbocycles. The Hall–Kier alpha value is -3.95. The van der Waals surface area contributed by atoms with Crippen molar-refractivity contribution >= 4 is 28.7 Å². The quantitative estimate of drug-likeness (QED) is 0.275. The Morgan fingerprint density at radius 1 is 0.889 bits per heavy atom. The van der Waals surface area contributed by atoms with E-state index in [1.54, 1.807) is 0 Å². The average Bonchev–Trinajstić information content (AvgIpc) is 2.90. The summed E-state index contributed by atoms with van der Waals surface area (Å²) in [6, 6.07) is 20.9. The first-order valence-corrected chi connectivity index (χ1v) is 11.8. The first-order chi connectivity index (χ1) is 17.4. The molecule has 3 rings (SSSR count). The van der Waals surface area contributed by atoms with E-state index in [1.165, 1.54) is 6.92 Å². The van der Waals surface area contributed by atoms with E-state index in [0.717, 1.165) is 21.9 Å². The van der Waals surface area contributed by atoms with Crippen molar-refractivity contribution in [3.8, 4) is 0 Å². The minimum Gasteiger partial charge on any atom is -0.445 e. The zero-order valence-corrected chi connectivity index (χ0v) is 20.1. The summed E-state index contributed by atoms with van der Waals surface area (Å²) in [5.74, 6) is -1.02. The molecule has 0 aliphatic heterocycles. The highest BCUT2D eigenvalue weighted by molar-refractivity contribution is 5.91. The molecular weight excluding hydrogens is 460 g/mol. The lowest BCUT2D eigenvalue weighted by Gasteiger charge is -2.22. The van der Waals surface area contributed by atoms with Crippen molar-refractivity contribution in [2.24, 2.45) is 5.73 Å². The van der Waals surface area contributed by atoms with Crippen molar-refractivity contribution in [1.29, 1.82) is 0 Å². The van der Waals surface area contributed by atoms with Crippen LogP contribution in [0.5, 0.6) is 0 Å². The van der Waals surface area contributed by atoms with E-state index in [1.807, 2.05) is 72.8 Å². The number of hydrogen-bond acceptors (Lipinski definition) is 6. The van der Waals surface area contributed by atoms with Crippen LogP contribution in [0.4, 0.5) is 4.79 Å². The molecule has 0 aliphatic rings. The number of fused-ring (bicyclic) bond motifs is 1. The normalized spacial score (nSPS) is 13.3. The minimum atomic E-state index is -0.949. The fourth-order valence-electron chi connectivity index (χ4n) is 3.54. The van der Waals surface area contributed by atoms with Gasteiger partial charge in [-0.1, -0.05) is 72.8 Å². The molecule has 0 fully saturated rings. The molecule has 0 saturated carbocycles. The molecule has 9 nitrogen and oxygen atoms in total. The van der Waals surface area contributed by atoms with E-state index < -0.39 is 36.1 Å². The van der Waals surface area contributed by atoms with E-state index in [4.69, 9.17) is 10.5 Å². The van der Waals surface area contributed by atoms with Gasteiger partial charge in [0.25, 0.3) is 0 Å². The fourth-order valence-corrected chi connectivity index (χ4v) is 3.54. The fraction of sp³-hybridized carbons (Fsp3) is 0.296. The highest BCUT2D eigenvalue weighted by Gasteiger charge is 2.25. The summed E-state index contributed by atoms with van der Waals surface area (Å²) in [7, 11) is 0. The molecule has 3 aromatic rings. The third kappa shape index (κ3) is 8.07. The Bertz CT molecular complexity index is 1170. The number of aliphatic hydroxyl groups is 1. The lowest BCUT2D eigenvalue weighted by atomic mass is 10.0. The van der Waals surface area contributed by atoms with E-state index >= 15 is 0 Å². The van der Waals surface area contributed by atoms with Crippen molar-refractivity contribution in [2.45, 2.75) is 38.1 Å². The maximum absolute atomic E-state index is 12.9. The third-order valence-corrected chi connectivity index (χ3v) is 5.61. The molecule has 36 heavy (non-hydrogen) atoms. The molecule has 9 heteroatoms. The van der Waals surface area contributed by atoms with E-state index in [2.05, 4.69) is 16.0 Å². The molecule has 190 valence electrons. The maximum atomic E-state index is 12.9. The van der Waals surface area contributed by atoms with Crippen molar-refractivity contribution in [3.05, 3.63) is 83.9 Å². The van der Waals surface area contributed by atoms with Crippen LogP contribution in [-0.2, 0) is 27.4 Å².